The molecule has 0 aliphatic carbocycles. The molecule has 1 heterocycles. The quantitative estimate of drug-likeness (QED) is 0.865. The molecule has 118 valence electrons. The van der Waals surface area contributed by atoms with Crippen LogP contribution < -0.4 is 10.2 Å². The molecule has 1 aliphatic heterocycles. The highest BCUT2D eigenvalue weighted by atomic mass is 79.9. The first-order valence-electron chi connectivity index (χ1n) is 7.52. The maximum absolute atomic E-state index is 12.3. The molecule has 0 aromatic heterocycles. The third kappa shape index (κ3) is 3.45. The van der Waals surface area contributed by atoms with E-state index in [-0.39, 0.29) is 11.8 Å². The molecule has 23 heavy (non-hydrogen) atoms. The third-order valence-electron chi connectivity index (χ3n) is 3.95. The summed E-state index contributed by atoms with van der Waals surface area (Å²) in [5, 5.41) is 2.90. The maximum atomic E-state index is 12.3. The predicted molar refractivity (Wildman–Crippen MR) is 94.9 cm³/mol. The Morgan fingerprint density at radius 3 is 2.57 bits per heavy atom. The van der Waals surface area contributed by atoms with Crippen LogP contribution >= 0.6 is 15.9 Å². The summed E-state index contributed by atoms with van der Waals surface area (Å²) in [4.78, 5) is 25.9. The molecule has 0 spiro atoms. The normalized spacial score (nSPS) is 13.4. The zero-order valence-electron chi connectivity index (χ0n) is 12.8. The molecule has 0 radical (unpaired) electrons. The summed E-state index contributed by atoms with van der Waals surface area (Å²) in [5.74, 6) is -0.134. The standard InChI is InChI=1S/C18H17BrN2O2/c1-12(22)21-10-2-3-13-6-9-16(11-17(13)21)20-18(23)14-4-7-15(19)8-5-14/h4-9,11H,2-3,10H2,1H3,(H,20,23). The second kappa shape index (κ2) is 6.54. The highest BCUT2D eigenvalue weighted by Gasteiger charge is 2.20. The summed E-state index contributed by atoms with van der Waals surface area (Å²) in [5.41, 5.74) is 3.34. The molecule has 1 aliphatic rings. The molecule has 2 aromatic carbocycles. The molecular formula is C18H17BrN2O2. The Bertz CT molecular complexity index is 756. The first-order valence-corrected chi connectivity index (χ1v) is 8.32. The van der Waals surface area contributed by atoms with Gasteiger partial charge in [-0.2, -0.15) is 0 Å². The average Bonchev–Trinajstić information content (AvgIpc) is 2.54. The number of amides is 2. The Hall–Kier alpha value is -2.14. The number of carbonyl (C=O) groups excluding carboxylic acids is 2. The minimum absolute atomic E-state index is 0.0299. The van der Waals surface area contributed by atoms with Crippen LogP contribution in [-0.2, 0) is 11.2 Å². The Kier molecular flexibility index (Phi) is 4.48. The number of hydrogen-bond acceptors (Lipinski definition) is 2. The van der Waals surface area contributed by atoms with Gasteiger partial charge in [-0.1, -0.05) is 22.0 Å². The first kappa shape index (κ1) is 15.7. The summed E-state index contributed by atoms with van der Waals surface area (Å²) in [7, 11) is 0. The van der Waals surface area contributed by atoms with Crippen LogP contribution in [0.2, 0.25) is 0 Å². The number of nitrogens with zero attached hydrogens (tertiary/aromatic N) is 1. The molecule has 0 unspecified atom stereocenters. The van der Waals surface area contributed by atoms with Crippen molar-refractivity contribution in [3.05, 3.63) is 58.1 Å². The van der Waals surface area contributed by atoms with Crippen molar-refractivity contribution >= 4 is 39.1 Å². The molecule has 0 fully saturated rings. The van der Waals surface area contributed by atoms with Gasteiger partial charge >= 0.3 is 0 Å². The van der Waals surface area contributed by atoms with Gasteiger partial charge in [0.15, 0.2) is 0 Å². The number of fused-ring (bicyclic) bond motifs is 1. The van der Waals surface area contributed by atoms with E-state index in [9.17, 15) is 9.59 Å². The van der Waals surface area contributed by atoms with Gasteiger partial charge in [-0.15, -0.1) is 0 Å². The monoisotopic (exact) mass is 372 g/mol. The zero-order valence-corrected chi connectivity index (χ0v) is 14.4. The number of halogens is 1. The van der Waals surface area contributed by atoms with Crippen LogP contribution in [0.25, 0.3) is 0 Å². The summed E-state index contributed by atoms with van der Waals surface area (Å²) in [6.07, 6.45) is 1.93. The van der Waals surface area contributed by atoms with Crippen LogP contribution in [0.3, 0.4) is 0 Å². The van der Waals surface area contributed by atoms with Crippen LogP contribution in [0.15, 0.2) is 46.9 Å². The van der Waals surface area contributed by atoms with E-state index >= 15 is 0 Å². The number of nitrogens with one attached hydrogen (secondary N) is 1. The van der Waals surface area contributed by atoms with Gasteiger partial charge in [0, 0.05) is 34.9 Å². The fourth-order valence-electron chi connectivity index (χ4n) is 2.78. The second-order valence-electron chi connectivity index (χ2n) is 5.58. The Morgan fingerprint density at radius 1 is 1.13 bits per heavy atom. The number of hydrogen-bond donors (Lipinski definition) is 1. The number of carbonyl (C=O) groups is 2. The fraction of sp³-hybridized carbons (Fsp3) is 0.222. The lowest BCUT2D eigenvalue weighted by Gasteiger charge is -2.29. The van der Waals surface area contributed by atoms with Gasteiger partial charge in [0.05, 0.1) is 0 Å². The van der Waals surface area contributed by atoms with E-state index in [1.165, 1.54) is 0 Å². The van der Waals surface area contributed by atoms with Crippen LogP contribution in [-0.4, -0.2) is 18.4 Å². The Morgan fingerprint density at radius 2 is 1.87 bits per heavy atom. The van der Waals surface area contributed by atoms with Gasteiger partial charge < -0.3 is 10.2 Å². The summed E-state index contributed by atoms with van der Waals surface area (Å²) >= 11 is 3.35. The number of rotatable bonds is 2. The van der Waals surface area contributed by atoms with Crippen LogP contribution in [0.1, 0.15) is 29.3 Å². The largest absolute Gasteiger partial charge is 0.322 e. The molecule has 5 heteroatoms. The van der Waals surface area contributed by atoms with E-state index in [0.717, 1.165) is 35.1 Å². The van der Waals surface area contributed by atoms with Crippen LogP contribution in [0.4, 0.5) is 11.4 Å². The molecule has 1 N–H and O–H groups in total. The molecule has 0 atom stereocenters. The summed E-state index contributed by atoms with van der Waals surface area (Å²) in [6, 6.07) is 12.9. The van der Waals surface area contributed by atoms with Crippen molar-refractivity contribution in [2.24, 2.45) is 0 Å². The SMILES string of the molecule is CC(=O)N1CCCc2ccc(NC(=O)c3ccc(Br)cc3)cc21. The van der Waals surface area contributed by atoms with E-state index in [4.69, 9.17) is 0 Å². The van der Waals surface area contributed by atoms with E-state index in [1.54, 1.807) is 24.0 Å². The highest BCUT2D eigenvalue weighted by molar-refractivity contribution is 9.10. The number of aryl methyl sites for hydroxylation is 1. The van der Waals surface area contributed by atoms with Gasteiger partial charge in [0.25, 0.3) is 5.91 Å². The molecule has 0 bridgehead atoms. The Labute approximate surface area is 143 Å². The lowest BCUT2D eigenvalue weighted by molar-refractivity contribution is -0.116. The second-order valence-corrected chi connectivity index (χ2v) is 6.49. The Balaban J connectivity index is 1.84. The van der Waals surface area contributed by atoms with Gasteiger partial charge in [-0.25, -0.2) is 0 Å². The van der Waals surface area contributed by atoms with Gasteiger partial charge in [-0.05, 0) is 54.8 Å². The number of anilines is 2. The maximum Gasteiger partial charge on any atom is 0.255 e. The van der Waals surface area contributed by atoms with Crippen molar-refractivity contribution in [2.75, 3.05) is 16.8 Å². The molecule has 2 amide bonds. The van der Waals surface area contributed by atoms with Crippen molar-refractivity contribution < 1.29 is 9.59 Å². The molecule has 4 nitrogen and oxygen atoms in total. The first-order chi connectivity index (χ1) is 11.0. The summed E-state index contributed by atoms with van der Waals surface area (Å²) < 4.78 is 0.930. The third-order valence-corrected chi connectivity index (χ3v) is 4.48. The number of benzene rings is 2. The highest BCUT2D eigenvalue weighted by Crippen LogP contribution is 2.30. The van der Waals surface area contributed by atoms with Crippen LogP contribution in [0, 0.1) is 0 Å². The lowest BCUT2D eigenvalue weighted by Crippen LogP contribution is -2.33. The van der Waals surface area contributed by atoms with Gasteiger partial charge in [-0.3, -0.25) is 9.59 Å². The van der Waals surface area contributed by atoms with E-state index < -0.39 is 0 Å². The molecule has 0 saturated carbocycles. The zero-order chi connectivity index (χ0) is 16.4. The molecule has 2 aromatic rings. The predicted octanol–water partition coefficient (Wildman–Crippen LogP) is 4.00. The van der Waals surface area contributed by atoms with Crippen molar-refractivity contribution in [3.63, 3.8) is 0 Å². The average molecular weight is 373 g/mol. The smallest absolute Gasteiger partial charge is 0.255 e. The van der Waals surface area contributed by atoms with Crippen molar-refractivity contribution in [3.8, 4) is 0 Å². The lowest BCUT2D eigenvalue weighted by atomic mass is 10.0. The topological polar surface area (TPSA) is 49.4 Å². The van der Waals surface area contributed by atoms with Gasteiger partial charge in [0.2, 0.25) is 5.91 Å². The van der Waals surface area contributed by atoms with Gasteiger partial charge in [0.1, 0.15) is 0 Å². The fourth-order valence-corrected chi connectivity index (χ4v) is 3.05. The summed E-state index contributed by atoms with van der Waals surface area (Å²) in [6.45, 7) is 2.30. The minimum Gasteiger partial charge on any atom is -0.322 e. The molecule has 3 rings (SSSR count). The van der Waals surface area contributed by atoms with Crippen molar-refractivity contribution in [2.45, 2.75) is 19.8 Å². The molecule has 0 saturated heterocycles. The molecular weight excluding hydrogens is 356 g/mol. The van der Waals surface area contributed by atoms with Crippen molar-refractivity contribution in [1.29, 1.82) is 0 Å². The minimum atomic E-state index is -0.164. The van der Waals surface area contributed by atoms with Crippen molar-refractivity contribution in [1.82, 2.24) is 0 Å². The van der Waals surface area contributed by atoms with E-state index in [2.05, 4.69) is 21.2 Å². The van der Waals surface area contributed by atoms with Crippen LogP contribution in [0.5, 0.6) is 0 Å². The van der Waals surface area contributed by atoms with E-state index in [1.807, 2.05) is 30.3 Å². The van der Waals surface area contributed by atoms with E-state index in [0.29, 0.717) is 11.3 Å².